The summed E-state index contributed by atoms with van der Waals surface area (Å²) in [4.78, 5) is 14.7. The van der Waals surface area contributed by atoms with Gasteiger partial charge in [0.2, 0.25) is 0 Å². The summed E-state index contributed by atoms with van der Waals surface area (Å²) >= 11 is 0. The predicted octanol–water partition coefficient (Wildman–Crippen LogP) is 4.11. The number of rotatable bonds is 6. The zero-order valence-electron chi connectivity index (χ0n) is 15.2. The van der Waals surface area contributed by atoms with Crippen molar-refractivity contribution >= 4 is 5.78 Å². The molecule has 1 fully saturated rings. The van der Waals surface area contributed by atoms with E-state index >= 15 is 0 Å². The Bertz CT molecular complexity index is 681. The van der Waals surface area contributed by atoms with Gasteiger partial charge in [0, 0.05) is 18.5 Å². The van der Waals surface area contributed by atoms with Gasteiger partial charge in [-0.3, -0.25) is 9.69 Å². The van der Waals surface area contributed by atoms with E-state index in [1.54, 1.807) is 14.0 Å². The zero-order valence-corrected chi connectivity index (χ0v) is 15.2. The van der Waals surface area contributed by atoms with Crippen LogP contribution in [0.15, 0.2) is 54.6 Å². The van der Waals surface area contributed by atoms with Crippen LogP contribution in [-0.2, 0) is 17.8 Å². The van der Waals surface area contributed by atoms with Crippen molar-refractivity contribution in [2.75, 3.05) is 13.7 Å². The molecule has 2 aromatic rings. The number of hydrogen-bond acceptors (Lipinski definition) is 3. The number of piperidine rings is 1. The van der Waals surface area contributed by atoms with Gasteiger partial charge in [-0.1, -0.05) is 42.5 Å². The summed E-state index contributed by atoms with van der Waals surface area (Å²) in [5.74, 6) is 1.31. The summed E-state index contributed by atoms with van der Waals surface area (Å²) in [7, 11) is 1.68. The lowest BCUT2D eigenvalue weighted by Gasteiger charge is -2.40. The van der Waals surface area contributed by atoms with Crippen molar-refractivity contribution in [2.45, 2.75) is 38.8 Å². The molecule has 0 unspecified atom stereocenters. The Balaban J connectivity index is 1.80. The van der Waals surface area contributed by atoms with Gasteiger partial charge < -0.3 is 4.74 Å². The van der Waals surface area contributed by atoms with E-state index in [1.165, 1.54) is 11.1 Å². The molecule has 2 aromatic carbocycles. The predicted molar refractivity (Wildman–Crippen MR) is 101 cm³/mol. The quantitative estimate of drug-likeness (QED) is 0.794. The molecule has 3 rings (SSSR count). The lowest BCUT2D eigenvalue weighted by molar-refractivity contribution is -0.124. The second-order valence-electron chi connectivity index (χ2n) is 6.93. The fourth-order valence-corrected chi connectivity index (χ4v) is 3.89. The summed E-state index contributed by atoms with van der Waals surface area (Å²) in [5.41, 5.74) is 2.57. The normalized spacial score (nSPS) is 21.0. The Morgan fingerprint density at radius 1 is 1.08 bits per heavy atom. The molecule has 1 saturated heterocycles. The van der Waals surface area contributed by atoms with E-state index in [2.05, 4.69) is 41.3 Å². The first-order chi connectivity index (χ1) is 12.2. The third-order valence-corrected chi connectivity index (χ3v) is 5.25. The molecule has 1 aliphatic heterocycles. The van der Waals surface area contributed by atoms with Crippen molar-refractivity contribution in [3.05, 3.63) is 65.7 Å². The van der Waals surface area contributed by atoms with Crippen LogP contribution in [0.4, 0.5) is 0 Å². The average molecular weight is 337 g/mol. The largest absolute Gasteiger partial charge is 0.497 e. The Labute approximate surface area is 150 Å². The number of carbonyl (C=O) groups excluding carboxylic acids is 1. The van der Waals surface area contributed by atoms with Gasteiger partial charge in [0.25, 0.3) is 0 Å². The van der Waals surface area contributed by atoms with Crippen LogP contribution in [0.1, 0.15) is 30.9 Å². The molecule has 3 nitrogen and oxygen atoms in total. The molecule has 2 atom stereocenters. The van der Waals surface area contributed by atoms with Crippen LogP contribution in [0.3, 0.4) is 0 Å². The van der Waals surface area contributed by atoms with Crippen molar-refractivity contribution in [1.29, 1.82) is 0 Å². The minimum Gasteiger partial charge on any atom is -0.497 e. The number of methoxy groups -OCH3 is 1. The fourth-order valence-electron chi connectivity index (χ4n) is 3.89. The first-order valence-corrected chi connectivity index (χ1v) is 9.08. The van der Waals surface area contributed by atoms with Crippen molar-refractivity contribution in [2.24, 2.45) is 5.92 Å². The molecule has 1 heterocycles. The van der Waals surface area contributed by atoms with Crippen LogP contribution in [0.5, 0.6) is 5.75 Å². The number of Topliss-reactive ketones (excluding diaryl/α,β-unsaturated/α-hetero) is 1. The number of ketones is 1. The van der Waals surface area contributed by atoms with E-state index in [0.29, 0.717) is 5.78 Å². The number of carbonyl (C=O) groups is 1. The van der Waals surface area contributed by atoms with E-state index in [1.807, 2.05) is 18.2 Å². The second-order valence-corrected chi connectivity index (χ2v) is 6.93. The molecular formula is C22H27NO2. The summed E-state index contributed by atoms with van der Waals surface area (Å²) in [6.45, 7) is 3.71. The maximum absolute atomic E-state index is 12.3. The summed E-state index contributed by atoms with van der Waals surface area (Å²) < 4.78 is 5.25. The number of hydrogen-bond donors (Lipinski definition) is 0. The summed E-state index contributed by atoms with van der Waals surface area (Å²) in [6, 6.07) is 19.1. The van der Waals surface area contributed by atoms with Crippen molar-refractivity contribution in [3.63, 3.8) is 0 Å². The van der Waals surface area contributed by atoms with Crippen LogP contribution in [0.2, 0.25) is 0 Å². The molecule has 0 bridgehead atoms. The fraction of sp³-hybridized carbons (Fsp3) is 0.409. The minimum atomic E-state index is 0.125. The van der Waals surface area contributed by atoms with Gasteiger partial charge in [0.1, 0.15) is 11.5 Å². The Hall–Kier alpha value is -2.13. The van der Waals surface area contributed by atoms with Gasteiger partial charge in [0.15, 0.2) is 0 Å². The van der Waals surface area contributed by atoms with Gasteiger partial charge in [-0.25, -0.2) is 0 Å². The second kappa shape index (κ2) is 8.30. The molecule has 0 spiro atoms. The molecule has 0 N–H and O–H groups in total. The lowest BCUT2D eigenvalue weighted by atomic mass is 9.82. The van der Waals surface area contributed by atoms with Crippen LogP contribution >= 0.6 is 0 Å². The maximum Gasteiger partial charge on any atom is 0.134 e. The number of ether oxygens (including phenoxy) is 1. The molecule has 0 aromatic heterocycles. The molecule has 132 valence electrons. The van der Waals surface area contributed by atoms with Crippen molar-refractivity contribution in [1.82, 2.24) is 4.90 Å². The van der Waals surface area contributed by atoms with E-state index in [4.69, 9.17) is 4.74 Å². The highest BCUT2D eigenvalue weighted by Crippen LogP contribution is 2.29. The first kappa shape index (κ1) is 17.7. The highest BCUT2D eigenvalue weighted by molar-refractivity contribution is 5.79. The monoisotopic (exact) mass is 337 g/mol. The molecule has 0 radical (unpaired) electrons. The van der Waals surface area contributed by atoms with E-state index in [0.717, 1.165) is 38.1 Å². The highest BCUT2D eigenvalue weighted by Gasteiger charge is 2.34. The van der Waals surface area contributed by atoms with E-state index in [9.17, 15) is 4.79 Å². The minimum absolute atomic E-state index is 0.125. The molecular weight excluding hydrogens is 310 g/mol. The van der Waals surface area contributed by atoms with E-state index < -0.39 is 0 Å². The topological polar surface area (TPSA) is 29.5 Å². The maximum atomic E-state index is 12.3. The number of likely N-dealkylation sites (tertiary alicyclic amines) is 1. The molecule has 1 aliphatic rings. The zero-order chi connectivity index (χ0) is 17.6. The van der Waals surface area contributed by atoms with E-state index in [-0.39, 0.29) is 12.0 Å². The number of benzene rings is 2. The SMILES string of the molecule is COc1ccc(C[C@@H]2[C@H](C(C)=O)CCCN2Cc2ccccc2)cc1. The van der Waals surface area contributed by atoms with Gasteiger partial charge in [-0.05, 0) is 56.0 Å². The third kappa shape index (κ3) is 4.49. The van der Waals surface area contributed by atoms with Gasteiger partial charge in [0.05, 0.1) is 7.11 Å². The standard InChI is InChI=1S/C22H27NO2/c1-17(24)21-9-6-14-23(16-19-7-4-3-5-8-19)22(21)15-18-10-12-20(25-2)13-11-18/h3-5,7-8,10-13,21-22H,6,9,14-16H2,1-2H3/t21-,22+/m0/s1. The smallest absolute Gasteiger partial charge is 0.134 e. The Morgan fingerprint density at radius 3 is 2.44 bits per heavy atom. The average Bonchev–Trinajstić information content (AvgIpc) is 2.64. The van der Waals surface area contributed by atoms with Crippen LogP contribution in [0, 0.1) is 5.92 Å². The molecule has 0 saturated carbocycles. The van der Waals surface area contributed by atoms with Crippen molar-refractivity contribution < 1.29 is 9.53 Å². The van der Waals surface area contributed by atoms with Crippen molar-refractivity contribution in [3.8, 4) is 5.75 Å². The first-order valence-electron chi connectivity index (χ1n) is 9.08. The molecule has 0 aliphatic carbocycles. The van der Waals surface area contributed by atoms with Gasteiger partial charge in [-0.2, -0.15) is 0 Å². The summed E-state index contributed by atoms with van der Waals surface area (Å²) in [6.07, 6.45) is 3.00. The Kier molecular flexibility index (Phi) is 5.87. The van der Waals surface area contributed by atoms with Gasteiger partial charge >= 0.3 is 0 Å². The third-order valence-electron chi connectivity index (χ3n) is 5.25. The number of nitrogens with zero attached hydrogens (tertiary/aromatic N) is 1. The Morgan fingerprint density at radius 2 is 1.80 bits per heavy atom. The van der Waals surface area contributed by atoms with Crippen LogP contribution in [-0.4, -0.2) is 30.4 Å². The summed E-state index contributed by atoms with van der Waals surface area (Å²) in [5, 5.41) is 0. The van der Waals surface area contributed by atoms with Crippen LogP contribution < -0.4 is 4.74 Å². The van der Waals surface area contributed by atoms with Gasteiger partial charge in [-0.15, -0.1) is 0 Å². The molecule has 3 heteroatoms. The van der Waals surface area contributed by atoms with Crippen LogP contribution in [0.25, 0.3) is 0 Å². The molecule has 0 amide bonds. The molecule has 25 heavy (non-hydrogen) atoms. The lowest BCUT2D eigenvalue weighted by Crippen LogP contribution is -2.48. The highest BCUT2D eigenvalue weighted by atomic mass is 16.5.